The maximum absolute atomic E-state index is 13.2. The number of sulfone groups is 1. The van der Waals surface area contributed by atoms with Crippen molar-refractivity contribution in [1.29, 1.82) is 0 Å². The molecule has 5 nitrogen and oxygen atoms in total. The van der Waals surface area contributed by atoms with E-state index < -0.39 is 9.84 Å². The molecule has 1 amide bonds. The van der Waals surface area contributed by atoms with Crippen molar-refractivity contribution in [1.82, 2.24) is 4.90 Å². The second-order valence-electron chi connectivity index (χ2n) is 6.99. The van der Waals surface area contributed by atoms with Crippen LogP contribution in [0.2, 0.25) is 5.02 Å². The van der Waals surface area contributed by atoms with Gasteiger partial charge in [-0.05, 0) is 48.7 Å². The number of rotatable bonds is 7. The second kappa shape index (κ2) is 8.97. The quantitative estimate of drug-likeness (QED) is 0.678. The zero-order valence-electron chi connectivity index (χ0n) is 15.8. The van der Waals surface area contributed by atoms with Crippen LogP contribution in [0.3, 0.4) is 0 Å². The Morgan fingerprint density at radius 1 is 1.21 bits per heavy atom. The smallest absolute Gasteiger partial charge is 0.254 e. The number of hydrogen-bond donors (Lipinski definition) is 0. The first-order valence-electron chi connectivity index (χ1n) is 9.36. The Hall–Kier alpha value is -2.05. The number of ether oxygens (including phenoxy) is 1. The molecule has 28 heavy (non-hydrogen) atoms. The van der Waals surface area contributed by atoms with Gasteiger partial charge in [-0.3, -0.25) is 4.79 Å². The SMILES string of the molecule is CCCOc1ccc(CN(C(=O)c2cccc(Cl)c2)[C@H]2CCS(=O)(=O)C2)cc1. The van der Waals surface area contributed by atoms with Crippen LogP contribution in [0.15, 0.2) is 48.5 Å². The van der Waals surface area contributed by atoms with Gasteiger partial charge in [0, 0.05) is 23.2 Å². The molecular weight excluding hydrogens is 398 g/mol. The summed E-state index contributed by atoms with van der Waals surface area (Å²) in [7, 11) is -3.11. The molecule has 2 aromatic carbocycles. The lowest BCUT2D eigenvalue weighted by atomic mass is 10.1. The third-order valence-electron chi connectivity index (χ3n) is 4.73. The summed E-state index contributed by atoms with van der Waals surface area (Å²) in [6.45, 7) is 3.03. The molecule has 0 aliphatic carbocycles. The van der Waals surface area contributed by atoms with Crippen molar-refractivity contribution in [3.05, 3.63) is 64.7 Å². The fourth-order valence-electron chi connectivity index (χ4n) is 3.28. The van der Waals surface area contributed by atoms with Crippen molar-refractivity contribution in [3.63, 3.8) is 0 Å². The summed E-state index contributed by atoms with van der Waals surface area (Å²) in [6.07, 6.45) is 1.38. The Labute approximate surface area is 171 Å². The number of amides is 1. The summed E-state index contributed by atoms with van der Waals surface area (Å²) < 4.78 is 29.6. The van der Waals surface area contributed by atoms with Crippen LogP contribution < -0.4 is 4.74 Å². The Morgan fingerprint density at radius 2 is 1.96 bits per heavy atom. The van der Waals surface area contributed by atoms with Gasteiger partial charge in [-0.2, -0.15) is 0 Å². The Morgan fingerprint density at radius 3 is 2.57 bits per heavy atom. The van der Waals surface area contributed by atoms with Crippen molar-refractivity contribution in [2.75, 3.05) is 18.1 Å². The molecule has 1 saturated heterocycles. The average molecular weight is 422 g/mol. The largest absolute Gasteiger partial charge is 0.494 e. The highest BCUT2D eigenvalue weighted by molar-refractivity contribution is 7.91. The maximum atomic E-state index is 13.2. The number of nitrogens with zero attached hydrogens (tertiary/aromatic N) is 1. The van der Waals surface area contributed by atoms with Crippen LogP contribution in [-0.4, -0.2) is 43.4 Å². The third-order valence-corrected chi connectivity index (χ3v) is 6.72. The maximum Gasteiger partial charge on any atom is 0.254 e. The van der Waals surface area contributed by atoms with Crippen LogP contribution in [0.1, 0.15) is 35.7 Å². The molecule has 0 radical (unpaired) electrons. The molecule has 0 unspecified atom stereocenters. The predicted molar refractivity (Wildman–Crippen MR) is 111 cm³/mol. The van der Waals surface area contributed by atoms with Crippen molar-refractivity contribution in [2.45, 2.75) is 32.4 Å². The van der Waals surface area contributed by atoms with Crippen LogP contribution in [0.5, 0.6) is 5.75 Å². The predicted octanol–water partition coefficient (Wildman–Crippen LogP) is 3.96. The molecular formula is C21H24ClNO4S. The van der Waals surface area contributed by atoms with Gasteiger partial charge >= 0.3 is 0 Å². The zero-order chi connectivity index (χ0) is 20.1. The lowest BCUT2D eigenvalue weighted by Gasteiger charge is -2.28. The Bertz CT molecular complexity index is 928. The Kier molecular flexibility index (Phi) is 6.62. The molecule has 3 rings (SSSR count). The van der Waals surface area contributed by atoms with E-state index in [0.29, 0.717) is 30.2 Å². The minimum absolute atomic E-state index is 0.00298. The van der Waals surface area contributed by atoms with Crippen molar-refractivity contribution in [3.8, 4) is 5.75 Å². The molecule has 1 atom stereocenters. The van der Waals surface area contributed by atoms with E-state index in [1.807, 2.05) is 31.2 Å². The normalized spacial score (nSPS) is 18.0. The summed E-state index contributed by atoms with van der Waals surface area (Å²) in [5.74, 6) is 0.676. The van der Waals surface area contributed by atoms with E-state index in [1.165, 1.54) is 0 Å². The fraction of sp³-hybridized carbons (Fsp3) is 0.381. The van der Waals surface area contributed by atoms with E-state index in [9.17, 15) is 13.2 Å². The number of carbonyl (C=O) groups excluding carboxylic acids is 1. The monoisotopic (exact) mass is 421 g/mol. The number of benzene rings is 2. The molecule has 1 fully saturated rings. The van der Waals surface area contributed by atoms with Crippen LogP contribution in [0.25, 0.3) is 0 Å². The van der Waals surface area contributed by atoms with Crippen LogP contribution in [-0.2, 0) is 16.4 Å². The van der Waals surface area contributed by atoms with E-state index in [0.717, 1.165) is 17.7 Å². The van der Waals surface area contributed by atoms with E-state index in [2.05, 4.69) is 0 Å². The summed E-state index contributed by atoms with van der Waals surface area (Å²) in [6, 6.07) is 14.0. The van der Waals surface area contributed by atoms with Gasteiger partial charge in [0.15, 0.2) is 9.84 Å². The third kappa shape index (κ3) is 5.26. The minimum atomic E-state index is -3.11. The van der Waals surface area contributed by atoms with E-state index in [4.69, 9.17) is 16.3 Å². The standard InChI is InChI=1S/C21H24ClNO4S/c1-2-11-27-20-8-6-16(7-9-20)14-23(19-10-12-28(25,26)15-19)21(24)17-4-3-5-18(22)13-17/h3-9,13,19H,2,10-12,14-15H2,1H3/t19-/m0/s1. The van der Waals surface area contributed by atoms with Gasteiger partial charge in [0.1, 0.15) is 5.75 Å². The summed E-state index contributed by atoms with van der Waals surface area (Å²) in [5, 5.41) is 0.474. The first-order valence-corrected chi connectivity index (χ1v) is 11.6. The van der Waals surface area contributed by atoms with E-state index >= 15 is 0 Å². The van der Waals surface area contributed by atoms with Crippen LogP contribution in [0.4, 0.5) is 0 Å². The van der Waals surface area contributed by atoms with Gasteiger partial charge in [-0.1, -0.05) is 36.7 Å². The molecule has 2 aromatic rings. The number of hydrogen-bond acceptors (Lipinski definition) is 4. The fourth-order valence-corrected chi connectivity index (χ4v) is 5.20. The highest BCUT2D eigenvalue weighted by Crippen LogP contribution is 2.24. The van der Waals surface area contributed by atoms with Crippen molar-refractivity contribution >= 4 is 27.3 Å². The highest BCUT2D eigenvalue weighted by atomic mass is 35.5. The van der Waals surface area contributed by atoms with Gasteiger partial charge in [-0.15, -0.1) is 0 Å². The van der Waals surface area contributed by atoms with Gasteiger partial charge in [0.25, 0.3) is 5.91 Å². The molecule has 0 aromatic heterocycles. The van der Waals surface area contributed by atoms with Gasteiger partial charge in [0.05, 0.1) is 18.1 Å². The van der Waals surface area contributed by atoms with Crippen molar-refractivity contribution in [2.24, 2.45) is 0 Å². The molecule has 0 bridgehead atoms. The van der Waals surface area contributed by atoms with E-state index in [1.54, 1.807) is 29.2 Å². The minimum Gasteiger partial charge on any atom is -0.494 e. The summed E-state index contributed by atoms with van der Waals surface area (Å²) >= 11 is 6.04. The zero-order valence-corrected chi connectivity index (χ0v) is 17.4. The average Bonchev–Trinajstić information content (AvgIpc) is 3.04. The number of carbonyl (C=O) groups is 1. The van der Waals surface area contributed by atoms with Gasteiger partial charge in [0.2, 0.25) is 0 Å². The van der Waals surface area contributed by atoms with Gasteiger partial charge < -0.3 is 9.64 Å². The first-order chi connectivity index (χ1) is 13.4. The molecule has 7 heteroatoms. The lowest BCUT2D eigenvalue weighted by Crippen LogP contribution is -2.40. The summed E-state index contributed by atoms with van der Waals surface area (Å²) in [5.41, 5.74) is 1.38. The summed E-state index contributed by atoms with van der Waals surface area (Å²) in [4.78, 5) is 14.8. The number of halogens is 1. The van der Waals surface area contributed by atoms with Crippen molar-refractivity contribution < 1.29 is 17.9 Å². The molecule has 0 saturated carbocycles. The topological polar surface area (TPSA) is 63.7 Å². The van der Waals surface area contributed by atoms with Gasteiger partial charge in [-0.25, -0.2) is 8.42 Å². The van der Waals surface area contributed by atoms with E-state index in [-0.39, 0.29) is 23.5 Å². The molecule has 1 heterocycles. The highest BCUT2D eigenvalue weighted by Gasteiger charge is 2.35. The molecule has 1 aliphatic heterocycles. The molecule has 150 valence electrons. The first kappa shape index (κ1) is 20.7. The molecule has 1 aliphatic rings. The lowest BCUT2D eigenvalue weighted by molar-refractivity contribution is 0.0681. The van der Waals surface area contributed by atoms with Crippen LogP contribution in [0, 0.1) is 0 Å². The Balaban J connectivity index is 1.83. The van der Waals surface area contributed by atoms with Crippen LogP contribution >= 0.6 is 11.6 Å². The molecule has 0 spiro atoms. The molecule has 0 N–H and O–H groups in total. The second-order valence-corrected chi connectivity index (χ2v) is 9.66.